The lowest BCUT2D eigenvalue weighted by molar-refractivity contribution is -0.193. The van der Waals surface area contributed by atoms with E-state index in [-0.39, 0.29) is 5.41 Å². The van der Waals surface area contributed by atoms with E-state index in [0.717, 1.165) is 45.2 Å². The van der Waals surface area contributed by atoms with Crippen molar-refractivity contribution >= 4 is 29.1 Å². The second-order valence-electron chi connectivity index (χ2n) is 8.97. The van der Waals surface area contributed by atoms with Crippen molar-refractivity contribution in [3.8, 4) is 0 Å². The Morgan fingerprint density at radius 3 is 2.21 bits per heavy atom. The molecular formula is C23H28F6N4O5S. The number of aryl methyl sites for hydroxylation is 1. The highest BCUT2D eigenvalue weighted by Crippen LogP contribution is 2.35. The number of ether oxygens (including phenoxy) is 1. The molecule has 4 heterocycles. The Bertz CT molecular complexity index is 1050. The summed E-state index contributed by atoms with van der Waals surface area (Å²) in [6.07, 6.45) is -2.32. The van der Waals surface area contributed by atoms with Gasteiger partial charge in [-0.05, 0) is 38.4 Å². The maximum absolute atomic E-state index is 10.6. The van der Waals surface area contributed by atoms with Crippen LogP contribution in [-0.2, 0) is 20.9 Å². The van der Waals surface area contributed by atoms with Crippen molar-refractivity contribution in [3.63, 3.8) is 0 Å². The molecule has 0 bridgehead atoms. The lowest BCUT2D eigenvalue weighted by atomic mass is 9.80. The van der Waals surface area contributed by atoms with Crippen LogP contribution in [-0.4, -0.2) is 88.8 Å². The van der Waals surface area contributed by atoms with Crippen molar-refractivity contribution in [2.45, 2.75) is 38.7 Å². The van der Waals surface area contributed by atoms with Gasteiger partial charge in [-0.15, -0.1) is 11.3 Å². The summed E-state index contributed by atoms with van der Waals surface area (Å²) in [6, 6.07) is 4.50. The minimum absolute atomic E-state index is 0.193. The number of carboxylic acid groups (broad SMARTS) is 2. The van der Waals surface area contributed by atoms with Crippen LogP contribution in [0.15, 0.2) is 30.7 Å². The Hall–Kier alpha value is -2.98. The summed E-state index contributed by atoms with van der Waals surface area (Å²) in [5.41, 5.74) is 0.193. The molecule has 2 saturated heterocycles. The standard InChI is InChI=1S/C19H26N4OS.2C2HF3O2/c1-16-3-4-17(25-16)12-22-8-2-5-19(13-22)14-23(9-10-24-15-19)18-11-20-6-7-21-18;2*3-2(4,5)1(6)7/h3-4,6-7,11H,2,5,8-10,12-15H2,1H3;2*(H,6,7). The van der Waals surface area contributed by atoms with E-state index in [0.29, 0.717) is 0 Å². The number of aliphatic carboxylic acids is 2. The predicted molar refractivity (Wildman–Crippen MR) is 128 cm³/mol. The molecule has 2 N–H and O–H groups in total. The number of piperidine rings is 1. The number of carbonyl (C=O) groups is 2. The summed E-state index contributed by atoms with van der Waals surface area (Å²) in [5, 5.41) is 14.2. The fourth-order valence-corrected chi connectivity index (χ4v) is 5.06. The zero-order valence-corrected chi connectivity index (χ0v) is 21.7. The lowest BCUT2D eigenvalue weighted by Crippen LogP contribution is -2.50. The molecule has 2 aromatic rings. The second-order valence-corrected chi connectivity index (χ2v) is 10.3. The Balaban J connectivity index is 0.000000317. The largest absolute Gasteiger partial charge is 0.490 e. The molecule has 1 atom stereocenters. The predicted octanol–water partition coefficient (Wildman–Crippen LogP) is 4.23. The van der Waals surface area contributed by atoms with E-state index in [4.69, 9.17) is 24.5 Å². The first kappa shape index (κ1) is 32.2. The monoisotopic (exact) mass is 586 g/mol. The third-order valence-electron chi connectivity index (χ3n) is 5.71. The van der Waals surface area contributed by atoms with Crippen LogP contribution in [0.1, 0.15) is 22.6 Å². The summed E-state index contributed by atoms with van der Waals surface area (Å²) < 4.78 is 69.5. The van der Waals surface area contributed by atoms with E-state index < -0.39 is 24.3 Å². The third kappa shape index (κ3) is 11.0. The maximum Gasteiger partial charge on any atom is 0.490 e. The number of rotatable bonds is 3. The first-order valence-corrected chi connectivity index (χ1v) is 12.4. The first-order chi connectivity index (χ1) is 18.1. The number of nitrogens with zero attached hydrogens (tertiary/aromatic N) is 4. The normalized spacial score (nSPS) is 20.2. The van der Waals surface area contributed by atoms with Gasteiger partial charge in [0, 0.05) is 53.7 Å². The van der Waals surface area contributed by atoms with Crippen LogP contribution in [0.3, 0.4) is 0 Å². The summed E-state index contributed by atoms with van der Waals surface area (Å²) in [7, 11) is 0. The summed E-state index contributed by atoms with van der Waals surface area (Å²) >= 11 is 1.92. The molecule has 4 rings (SSSR count). The zero-order chi connectivity index (χ0) is 29.3. The van der Waals surface area contributed by atoms with Gasteiger partial charge in [-0.1, -0.05) is 0 Å². The Morgan fingerprint density at radius 1 is 1.05 bits per heavy atom. The van der Waals surface area contributed by atoms with Gasteiger partial charge in [-0.3, -0.25) is 9.88 Å². The van der Waals surface area contributed by atoms with Gasteiger partial charge in [0.1, 0.15) is 5.82 Å². The number of halogens is 6. The molecule has 1 unspecified atom stereocenters. The summed E-state index contributed by atoms with van der Waals surface area (Å²) in [5.74, 6) is -4.54. The molecule has 2 aliphatic rings. The van der Waals surface area contributed by atoms with Crippen LogP contribution in [0, 0.1) is 12.3 Å². The van der Waals surface area contributed by atoms with E-state index in [1.54, 1.807) is 12.4 Å². The molecule has 0 aromatic carbocycles. The molecule has 9 nitrogen and oxygen atoms in total. The minimum Gasteiger partial charge on any atom is -0.475 e. The number of alkyl halides is 6. The molecule has 16 heteroatoms. The van der Waals surface area contributed by atoms with Crippen LogP contribution in [0.4, 0.5) is 32.2 Å². The highest BCUT2D eigenvalue weighted by molar-refractivity contribution is 7.11. The summed E-state index contributed by atoms with van der Waals surface area (Å²) in [6.45, 7) is 9.04. The van der Waals surface area contributed by atoms with Gasteiger partial charge in [0.05, 0.1) is 19.4 Å². The molecular weight excluding hydrogens is 558 g/mol. The van der Waals surface area contributed by atoms with Crippen LogP contribution < -0.4 is 4.90 Å². The van der Waals surface area contributed by atoms with Crippen molar-refractivity contribution in [3.05, 3.63) is 40.5 Å². The number of thiophene rings is 1. The molecule has 1 spiro atoms. The number of likely N-dealkylation sites (tertiary alicyclic amines) is 1. The van der Waals surface area contributed by atoms with Gasteiger partial charge in [0.2, 0.25) is 0 Å². The molecule has 0 saturated carbocycles. The van der Waals surface area contributed by atoms with Crippen LogP contribution in [0.25, 0.3) is 0 Å². The molecule has 2 aromatic heterocycles. The van der Waals surface area contributed by atoms with E-state index >= 15 is 0 Å². The SMILES string of the molecule is Cc1ccc(CN2CCCC3(COCCN(c4cnccn4)C3)C2)s1.O=C(O)C(F)(F)F.O=C(O)C(F)(F)F. The Kier molecular flexibility index (Phi) is 11.5. The Morgan fingerprint density at radius 2 is 1.69 bits per heavy atom. The van der Waals surface area contributed by atoms with Gasteiger partial charge in [-0.2, -0.15) is 26.3 Å². The Labute approximate surface area is 224 Å². The lowest BCUT2D eigenvalue weighted by Gasteiger charge is -2.43. The van der Waals surface area contributed by atoms with Gasteiger partial charge < -0.3 is 19.8 Å². The number of hydrogen-bond acceptors (Lipinski definition) is 8. The highest BCUT2D eigenvalue weighted by Gasteiger charge is 2.40. The van der Waals surface area contributed by atoms with Crippen molar-refractivity contribution in [1.29, 1.82) is 0 Å². The van der Waals surface area contributed by atoms with E-state index in [9.17, 15) is 26.3 Å². The quantitative estimate of drug-likeness (QED) is 0.510. The van der Waals surface area contributed by atoms with Crippen LogP contribution in [0.2, 0.25) is 0 Å². The molecule has 218 valence electrons. The topological polar surface area (TPSA) is 116 Å². The highest BCUT2D eigenvalue weighted by atomic mass is 32.1. The number of aromatic nitrogens is 2. The molecule has 39 heavy (non-hydrogen) atoms. The summed E-state index contributed by atoms with van der Waals surface area (Å²) in [4.78, 5) is 34.4. The number of hydrogen-bond donors (Lipinski definition) is 2. The third-order valence-corrected chi connectivity index (χ3v) is 6.70. The molecule has 2 aliphatic heterocycles. The van der Waals surface area contributed by atoms with Crippen LogP contribution in [0.5, 0.6) is 0 Å². The average molecular weight is 587 g/mol. The molecule has 0 aliphatic carbocycles. The molecule has 0 amide bonds. The second kappa shape index (κ2) is 13.9. The number of anilines is 1. The minimum atomic E-state index is -5.08. The van der Waals surface area contributed by atoms with Gasteiger partial charge in [0.15, 0.2) is 0 Å². The van der Waals surface area contributed by atoms with Crippen LogP contribution >= 0.6 is 11.3 Å². The van der Waals surface area contributed by atoms with E-state index in [1.165, 1.54) is 29.1 Å². The smallest absolute Gasteiger partial charge is 0.475 e. The van der Waals surface area contributed by atoms with E-state index in [1.807, 2.05) is 17.5 Å². The number of carboxylic acids is 2. The maximum atomic E-state index is 10.6. The van der Waals surface area contributed by atoms with E-state index in [2.05, 4.69) is 38.8 Å². The molecule has 2 fully saturated rings. The molecule has 0 radical (unpaired) electrons. The van der Waals surface area contributed by atoms with Crippen molar-refractivity contribution in [2.24, 2.45) is 5.41 Å². The first-order valence-electron chi connectivity index (χ1n) is 11.6. The average Bonchev–Trinajstić information content (AvgIpc) is 3.14. The van der Waals surface area contributed by atoms with Crippen molar-refractivity contribution in [2.75, 3.05) is 44.3 Å². The van der Waals surface area contributed by atoms with Gasteiger partial charge in [0.25, 0.3) is 0 Å². The fraction of sp³-hybridized carbons (Fsp3) is 0.565. The van der Waals surface area contributed by atoms with Gasteiger partial charge in [-0.25, -0.2) is 14.6 Å². The van der Waals surface area contributed by atoms with Crippen molar-refractivity contribution < 1.29 is 50.9 Å². The zero-order valence-electron chi connectivity index (χ0n) is 20.8. The fourth-order valence-electron chi connectivity index (χ4n) is 4.13. The van der Waals surface area contributed by atoms with Gasteiger partial charge >= 0.3 is 24.3 Å². The van der Waals surface area contributed by atoms with Crippen molar-refractivity contribution in [1.82, 2.24) is 14.9 Å².